The Morgan fingerprint density at radius 3 is 2.82 bits per heavy atom. The molecule has 2 aliphatic rings. The van der Waals surface area contributed by atoms with Crippen LogP contribution in [-0.2, 0) is 4.79 Å². The van der Waals surface area contributed by atoms with Crippen molar-refractivity contribution >= 4 is 23.7 Å². The molecule has 2 rings (SSSR count). The first kappa shape index (κ1) is 11.8. The fraction of sp³-hybridized carbons (Fsp3) is 0.556. The standard InChI is InChI=1S/C9H13N5O3/c1-3(15)6(16)4-2-11-7-5(12-4)8(17)14-9(10)13-7/h2-4,6,9,15-16H,10H2,1H3,(H,14,17)/t3-,4+,6-,9?/m0/s1. The van der Waals surface area contributed by atoms with E-state index in [2.05, 4.69) is 20.3 Å². The van der Waals surface area contributed by atoms with Gasteiger partial charge >= 0.3 is 0 Å². The van der Waals surface area contributed by atoms with Gasteiger partial charge in [0.15, 0.2) is 17.8 Å². The van der Waals surface area contributed by atoms with Crippen molar-refractivity contribution in [3.05, 3.63) is 0 Å². The Bertz CT molecular complexity index is 428. The highest BCUT2D eigenvalue weighted by atomic mass is 16.3. The zero-order valence-corrected chi connectivity index (χ0v) is 9.11. The summed E-state index contributed by atoms with van der Waals surface area (Å²) in [7, 11) is 0. The second-order valence-corrected chi connectivity index (χ2v) is 3.85. The Morgan fingerprint density at radius 2 is 2.18 bits per heavy atom. The largest absolute Gasteiger partial charge is 0.391 e. The van der Waals surface area contributed by atoms with Crippen LogP contribution in [0.5, 0.6) is 0 Å². The van der Waals surface area contributed by atoms with Crippen LogP contribution in [-0.4, -0.2) is 58.4 Å². The second-order valence-electron chi connectivity index (χ2n) is 3.85. The number of carbonyl (C=O) groups is 1. The normalized spacial score (nSPS) is 30.9. The van der Waals surface area contributed by atoms with Crippen LogP contribution in [0.25, 0.3) is 0 Å². The van der Waals surface area contributed by atoms with Gasteiger partial charge in [0.2, 0.25) is 0 Å². The molecule has 0 aliphatic carbocycles. The number of nitrogens with one attached hydrogen (secondary N) is 1. The molecule has 0 spiro atoms. The number of amides is 1. The number of aliphatic imine (C=N–C) groups is 3. The maximum absolute atomic E-state index is 11.6. The van der Waals surface area contributed by atoms with Crippen molar-refractivity contribution in [1.82, 2.24) is 5.32 Å². The molecule has 8 nitrogen and oxygen atoms in total. The van der Waals surface area contributed by atoms with E-state index < -0.39 is 30.4 Å². The van der Waals surface area contributed by atoms with Gasteiger partial charge in [-0.1, -0.05) is 0 Å². The molecule has 0 aromatic rings. The average Bonchev–Trinajstić information content (AvgIpc) is 2.27. The molecule has 2 heterocycles. The van der Waals surface area contributed by atoms with Gasteiger partial charge in [-0.05, 0) is 6.92 Å². The Morgan fingerprint density at radius 1 is 1.47 bits per heavy atom. The van der Waals surface area contributed by atoms with Gasteiger partial charge in [-0.3, -0.25) is 15.5 Å². The number of nitrogens with zero attached hydrogens (tertiary/aromatic N) is 3. The van der Waals surface area contributed by atoms with Crippen LogP contribution in [0.1, 0.15) is 6.92 Å². The van der Waals surface area contributed by atoms with Crippen LogP contribution in [0.4, 0.5) is 0 Å². The highest BCUT2D eigenvalue weighted by molar-refractivity contribution is 6.68. The van der Waals surface area contributed by atoms with E-state index in [0.29, 0.717) is 0 Å². The molecule has 0 saturated carbocycles. The minimum Gasteiger partial charge on any atom is -0.391 e. The molecule has 1 amide bonds. The number of fused-ring (bicyclic) bond motifs is 1. The van der Waals surface area contributed by atoms with E-state index in [1.165, 1.54) is 13.1 Å². The summed E-state index contributed by atoms with van der Waals surface area (Å²) >= 11 is 0. The number of amidine groups is 1. The van der Waals surface area contributed by atoms with E-state index in [4.69, 9.17) is 5.73 Å². The average molecular weight is 239 g/mol. The zero-order chi connectivity index (χ0) is 12.6. The van der Waals surface area contributed by atoms with Crippen LogP contribution < -0.4 is 11.1 Å². The minimum absolute atomic E-state index is 0.0268. The number of aliphatic hydroxyl groups is 2. The predicted octanol–water partition coefficient (Wildman–Crippen LogP) is -2.61. The Hall–Kier alpha value is -1.64. The van der Waals surface area contributed by atoms with Crippen LogP contribution in [0.3, 0.4) is 0 Å². The molecule has 0 bridgehead atoms. The van der Waals surface area contributed by atoms with Gasteiger partial charge in [-0.25, -0.2) is 9.98 Å². The van der Waals surface area contributed by atoms with Gasteiger partial charge in [-0.15, -0.1) is 0 Å². The number of hydrogen-bond acceptors (Lipinski definition) is 7. The van der Waals surface area contributed by atoms with E-state index in [-0.39, 0.29) is 11.5 Å². The van der Waals surface area contributed by atoms with Crippen LogP contribution in [0.15, 0.2) is 15.0 Å². The molecule has 0 saturated heterocycles. The smallest absolute Gasteiger partial charge is 0.276 e. The lowest BCUT2D eigenvalue weighted by Crippen LogP contribution is -2.52. The lowest BCUT2D eigenvalue weighted by molar-refractivity contribution is -0.115. The quantitative estimate of drug-likeness (QED) is 0.420. The van der Waals surface area contributed by atoms with Gasteiger partial charge in [0, 0.05) is 6.21 Å². The third-order valence-corrected chi connectivity index (χ3v) is 2.44. The molecular formula is C9H13N5O3. The molecule has 17 heavy (non-hydrogen) atoms. The van der Waals surface area contributed by atoms with Gasteiger partial charge in [-0.2, -0.15) is 0 Å². The van der Waals surface area contributed by atoms with Crippen molar-refractivity contribution in [2.24, 2.45) is 20.7 Å². The molecule has 1 unspecified atom stereocenters. The summed E-state index contributed by atoms with van der Waals surface area (Å²) in [4.78, 5) is 23.4. The van der Waals surface area contributed by atoms with Crippen molar-refractivity contribution in [3.8, 4) is 0 Å². The van der Waals surface area contributed by atoms with E-state index in [9.17, 15) is 15.0 Å². The number of rotatable bonds is 2. The topological polar surface area (TPSA) is 133 Å². The molecule has 0 aromatic heterocycles. The molecule has 0 radical (unpaired) electrons. The maximum Gasteiger partial charge on any atom is 0.276 e. The summed E-state index contributed by atoms with van der Waals surface area (Å²) in [6, 6.07) is -0.760. The molecule has 5 N–H and O–H groups in total. The summed E-state index contributed by atoms with van der Waals surface area (Å²) in [6.45, 7) is 1.43. The van der Waals surface area contributed by atoms with Crippen molar-refractivity contribution in [3.63, 3.8) is 0 Å². The summed E-state index contributed by atoms with van der Waals surface area (Å²) in [5.74, 6) is -0.336. The van der Waals surface area contributed by atoms with Crippen molar-refractivity contribution in [1.29, 1.82) is 0 Å². The van der Waals surface area contributed by atoms with Gasteiger partial charge in [0.25, 0.3) is 5.91 Å². The number of hydrogen-bond donors (Lipinski definition) is 4. The Balaban J connectivity index is 2.28. The van der Waals surface area contributed by atoms with Crippen LogP contribution in [0, 0.1) is 0 Å². The van der Waals surface area contributed by atoms with E-state index in [1.807, 2.05) is 0 Å². The minimum atomic E-state index is -1.11. The maximum atomic E-state index is 11.6. The second kappa shape index (κ2) is 4.32. The monoisotopic (exact) mass is 239 g/mol. The van der Waals surface area contributed by atoms with Crippen molar-refractivity contribution in [2.45, 2.75) is 31.5 Å². The van der Waals surface area contributed by atoms with Crippen molar-refractivity contribution in [2.75, 3.05) is 0 Å². The van der Waals surface area contributed by atoms with Crippen molar-refractivity contribution < 1.29 is 15.0 Å². The molecule has 4 atom stereocenters. The zero-order valence-electron chi connectivity index (χ0n) is 9.11. The summed E-state index contributed by atoms with van der Waals surface area (Å²) in [6.07, 6.45) is -1.57. The lowest BCUT2D eigenvalue weighted by Gasteiger charge is -2.25. The lowest BCUT2D eigenvalue weighted by atomic mass is 10.1. The number of carbonyl (C=O) groups excluding carboxylic acids is 1. The van der Waals surface area contributed by atoms with Gasteiger partial charge < -0.3 is 15.5 Å². The number of nitrogens with two attached hydrogens (primary N) is 1. The highest BCUT2D eigenvalue weighted by Gasteiger charge is 2.32. The Kier molecular flexibility index (Phi) is 3.01. The molecular weight excluding hydrogens is 226 g/mol. The first-order valence-corrected chi connectivity index (χ1v) is 5.12. The van der Waals surface area contributed by atoms with Gasteiger partial charge in [0.05, 0.1) is 6.10 Å². The van der Waals surface area contributed by atoms with Crippen LogP contribution in [0.2, 0.25) is 0 Å². The fourth-order valence-electron chi connectivity index (χ4n) is 1.52. The summed E-state index contributed by atoms with van der Waals surface area (Å²) in [5.41, 5.74) is 5.46. The Labute approximate surface area is 97.0 Å². The molecule has 0 aromatic carbocycles. The predicted molar refractivity (Wildman–Crippen MR) is 61.0 cm³/mol. The van der Waals surface area contributed by atoms with E-state index in [1.54, 1.807) is 0 Å². The molecule has 92 valence electrons. The first-order valence-electron chi connectivity index (χ1n) is 5.12. The fourth-order valence-corrected chi connectivity index (χ4v) is 1.52. The first-order chi connectivity index (χ1) is 7.99. The molecule has 2 aliphatic heterocycles. The number of aliphatic hydroxyl groups excluding tert-OH is 2. The molecule has 0 fully saturated rings. The van der Waals surface area contributed by atoms with Crippen LogP contribution >= 0.6 is 0 Å². The molecule has 8 heteroatoms. The van der Waals surface area contributed by atoms with E-state index >= 15 is 0 Å². The third kappa shape index (κ3) is 2.23. The summed E-state index contributed by atoms with van der Waals surface area (Å²) < 4.78 is 0. The van der Waals surface area contributed by atoms with Gasteiger partial charge in [0.1, 0.15) is 12.1 Å². The summed E-state index contributed by atoms with van der Waals surface area (Å²) in [5, 5.41) is 21.3. The highest BCUT2D eigenvalue weighted by Crippen LogP contribution is 2.10. The van der Waals surface area contributed by atoms with E-state index in [0.717, 1.165) is 0 Å². The third-order valence-electron chi connectivity index (χ3n) is 2.44. The SMILES string of the molecule is C[C@H](O)[C@H](O)[C@H]1C=NC2=NC(N)NC(=O)C2=N1.